The summed E-state index contributed by atoms with van der Waals surface area (Å²) in [6.07, 6.45) is 0.231. The van der Waals surface area contributed by atoms with Crippen molar-refractivity contribution in [2.24, 2.45) is 11.3 Å². The minimum absolute atomic E-state index is 0.111. The molecule has 0 aromatic heterocycles. The Hall–Kier alpha value is -2.18. The maximum absolute atomic E-state index is 13.2. The van der Waals surface area contributed by atoms with Gasteiger partial charge in [-0.3, -0.25) is 4.79 Å². The molecule has 5 nitrogen and oxygen atoms in total. The molecule has 0 spiro atoms. The molecule has 2 N–H and O–H groups in total. The Morgan fingerprint density at radius 3 is 1.89 bits per heavy atom. The highest BCUT2D eigenvalue weighted by Crippen LogP contribution is 2.33. The average molecular weight is 434 g/mol. The van der Waals surface area contributed by atoms with Gasteiger partial charge in [-0.2, -0.15) is 5.90 Å². The van der Waals surface area contributed by atoms with Crippen LogP contribution in [0.4, 0.5) is 0 Å². The topological polar surface area (TPSA) is 78.6 Å². The molecule has 2 aromatic carbocycles. The van der Waals surface area contributed by atoms with E-state index in [-0.39, 0.29) is 12.8 Å². The molecule has 0 saturated carbocycles. The second-order valence-corrected chi connectivity index (χ2v) is 8.37. The van der Waals surface area contributed by atoms with E-state index in [9.17, 15) is 9.59 Å². The van der Waals surface area contributed by atoms with Crippen LogP contribution in [0.15, 0.2) is 59.1 Å². The van der Waals surface area contributed by atoms with Crippen LogP contribution >= 0.6 is 15.9 Å². The summed E-state index contributed by atoms with van der Waals surface area (Å²) in [6, 6.07) is 16.7. The standard InChI is InChI=1S/C21H24BrNO4/c1-20(2,3)26-18(24)21(19(25)27-23,13-15-7-5-4-6-8-15)14-16-9-11-17(22)12-10-16/h4-12H,13-14,23H2,1-3H3. The van der Waals surface area contributed by atoms with Crippen molar-refractivity contribution in [3.63, 3.8) is 0 Å². The Kier molecular flexibility index (Phi) is 6.78. The van der Waals surface area contributed by atoms with Gasteiger partial charge in [-0.05, 0) is 56.9 Å². The van der Waals surface area contributed by atoms with Crippen molar-refractivity contribution in [3.05, 3.63) is 70.2 Å². The minimum Gasteiger partial charge on any atom is -0.459 e. The van der Waals surface area contributed by atoms with Crippen LogP contribution in [-0.4, -0.2) is 17.5 Å². The first-order valence-corrected chi connectivity index (χ1v) is 9.38. The number of carbonyl (C=O) groups excluding carboxylic acids is 2. The molecule has 0 aliphatic heterocycles. The molecule has 1 atom stereocenters. The van der Waals surface area contributed by atoms with Crippen LogP contribution in [0.2, 0.25) is 0 Å². The van der Waals surface area contributed by atoms with Crippen molar-refractivity contribution < 1.29 is 19.2 Å². The lowest BCUT2D eigenvalue weighted by Crippen LogP contribution is -2.48. The molecule has 0 saturated heterocycles. The fourth-order valence-corrected chi connectivity index (χ4v) is 3.08. The molecule has 27 heavy (non-hydrogen) atoms. The number of ether oxygens (including phenoxy) is 1. The smallest absolute Gasteiger partial charge is 0.342 e. The molecule has 2 rings (SSSR count). The quantitative estimate of drug-likeness (QED) is 0.423. The monoisotopic (exact) mass is 433 g/mol. The van der Waals surface area contributed by atoms with Crippen LogP contribution in [0.25, 0.3) is 0 Å². The molecular weight excluding hydrogens is 410 g/mol. The lowest BCUT2D eigenvalue weighted by Gasteiger charge is -2.32. The maximum atomic E-state index is 13.2. The summed E-state index contributed by atoms with van der Waals surface area (Å²) >= 11 is 3.39. The highest BCUT2D eigenvalue weighted by atomic mass is 79.9. The number of nitrogens with two attached hydrogens (primary N) is 1. The molecule has 0 bridgehead atoms. The number of halogens is 1. The van der Waals surface area contributed by atoms with Gasteiger partial charge in [-0.25, -0.2) is 4.79 Å². The van der Waals surface area contributed by atoms with Gasteiger partial charge >= 0.3 is 11.9 Å². The molecule has 1 unspecified atom stereocenters. The fourth-order valence-electron chi connectivity index (χ4n) is 2.82. The first-order valence-electron chi connectivity index (χ1n) is 8.59. The Morgan fingerprint density at radius 1 is 0.889 bits per heavy atom. The summed E-state index contributed by atoms with van der Waals surface area (Å²) < 4.78 is 6.49. The summed E-state index contributed by atoms with van der Waals surface area (Å²) in [4.78, 5) is 30.5. The molecule has 0 heterocycles. The summed E-state index contributed by atoms with van der Waals surface area (Å²) in [6.45, 7) is 5.27. The number of hydrogen-bond acceptors (Lipinski definition) is 5. The molecule has 144 valence electrons. The van der Waals surface area contributed by atoms with Crippen LogP contribution in [0.3, 0.4) is 0 Å². The van der Waals surface area contributed by atoms with Crippen LogP contribution in [0, 0.1) is 5.41 Å². The third-order valence-electron chi connectivity index (χ3n) is 4.06. The number of rotatable bonds is 6. The van der Waals surface area contributed by atoms with Gasteiger partial charge < -0.3 is 9.57 Å². The average Bonchev–Trinajstić information content (AvgIpc) is 2.61. The van der Waals surface area contributed by atoms with Crippen LogP contribution in [0.1, 0.15) is 31.9 Å². The lowest BCUT2D eigenvalue weighted by atomic mass is 9.76. The van der Waals surface area contributed by atoms with Crippen LogP contribution in [-0.2, 0) is 32.0 Å². The van der Waals surface area contributed by atoms with E-state index in [0.717, 1.165) is 15.6 Å². The SMILES string of the molecule is CC(C)(C)OC(=O)C(Cc1ccccc1)(Cc1ccc(Br)cc1)C(=O)ON. The zero-order valence-electron chi connectivity index (χ0n) is 15.7. The highest BCUT2D eigenvalue weighted by Gasteiger charge is 2.50. The van der Waals surface area contributed by atoms with E-state index in [1.807, 2.05) is 54.6 Å². The van der Waals surface area contributed by atoms with Crippen LogP contribution < -0.4 is 5.90 Å². The van der Waals surface area contributed by atoms with Gasteiger partial charge in [0.15, 0.2) is 5.41 Å². The first kappa shape index (κ1) is 21.1. The van der Waals surface area contributed by atoms with Gasteiger partial charge in [0.1, 0.15) is 5.60 Å². The third-order valence-corrected chi connectivity index (χ3v) is 4.58. The van der Waals surface area contributed by atoms with Gasteiger partial charge in [0.05, 0.1) is 0 Å². The van der Waals surface area contributed by atoms with Gasteiger partial charge in [0.2, 0.25) is 0 Å². The predicted octanol–water partition coefficient (Wildman–Crippen LogP) is 3.98. The molecule has 2 aromatic rings. The number of carbonyl (C=O) groups is 2. The normalized spacial score (nSPS) is 13.5. The predicted molar refractivity (Wildman–Crippen MR) is 107 cm³/mol. The Balaban J connectivity index is 2.51. The number of hydrogen-bond donors (Lipinski definition) is 1. The van der Waals surface area contributed by atoms with Gasteiger partial charge in [-0.1, -0.05) is 58.4 Å². The maximum Gasteiger partial charge on any atom is 0.342 e. The van der Waals surface area contributed by atoms with Gasteiger partial charge in [-0.15, -0.1) is 0 Å². The molecule has 6 heteroatoms. The molecule has 0 aliphatic carbocycles. The van der Waals surface area contributed by atoms with Crippen molar-refractivity contribution in [2.75, 3.05) is 0 Å². The summed E-state index contributed by atoms with van der Waals surface area (Å²) in [5.41, 5.74) is -0.735. The van der Waals surface area contributed by atoms with Crippen LogP contribution in [0.5, 0.6) is 0 Å². The van der Waals surface area contributed by atoms with Crippen molar-refractivity contribution in [2.45, 2.75) is 39.2 Å². The van der Waals surface area contributed by atoms with Gasteiger partial charge in [0.25, 0.3) is 0 Å². The fraction of sp³-hybridized carbons (Fsp3) is 0.333. The molecule has 0 amide bonds. The number of benzene rings is 2. The van der Waals surface area contributed by atoms with E-state index in [4.69, 9.17) is 10.6 Å². The van der Waals surface area contributed by atoms with Crippen molar-refractivity contribution in [3.8, 4) is 0 Å². The molecule has 0 radical (unpaired) electrons. The van der Waals surface area contributed by atoms with E-state index in [1.165, 1.54) is 0 Å². The van der Waals surface area contributed by atoms with E-state index in [2.05, 4.69) is 20.8 Å². The largest absolute Gasteiger partial charge is 0.459 e. The van der Waals surface area contributed by atoms with E-state index >= 15 is 0 Å². The van der Waals surface area contributed by atoms with Crippen molar-refractivity contribution >= 4 is 27.9 Å². The Bertz CT molecular complexity index is 784. The zero-order valence-corrected chi connectivity index (χ0v) is 17.3. The minimum atomic E-state index is -1.59. The summed E-state index contributed by atoms with van der Waals surface area (Å²) in [5, 5.41) is 0. The molecule has 0 aliphatic rings. The van der Waals surface area contributed by atoms with Crippen molar-refractivity contribution in [1.29, 1.82) is 0 Å². The first-order chi connectivity index (χ1) is 12.7. The Labute approximate surface area is 167 Å². The second-order valence-electron chi connectivity index (χ2n) is 7.45. The number of esters is 1. The second kappa shape index (κ2) is 8.67. The van der Waals surface area contributed by atoms with E-state index in [1.54, 1.807) is 20.8 Å². The van der Waals surface area contributed by atoms with Crippen molar-refractivity contribution in [1.82, 2.24) is 0 Å². The highest BCUT2D eigenvalue weighted by molar-refractivity contribution is 9.10. The zero-order chi connectivity index (χ0) is 20.1. The van der Waals surface area contributed by atoms with E-state index in [0.29, 0.717) is 0 Å². The molecular formula is C21H24BrNO4. The molecule has 0 fully saturated rings. The summed E-state index contributed by atoms with van der Waals surface area (Å²) in [7, 11) is 0. The summed E-state index contributed by atoms with van der Waals surface area (Å²) in [5.74, 6) is 3.75. The van der Waals surface area contributed by atoms with Gasteiger partial charge in [0, 0.05) is 4.47 Å². The Morgan fingerprint density at radius 2 is 1.41 bits per heavy atom. The van der Waals surface area contributed by atoms with E-state index < -0.39 is 23.0 Å². The third kappa shape index (κ3) is 5.65. The lowest BCUT2D eigenvalue weighted by molar-refractivity contribution is -0.180.